The maximum absolute atomic E-state index is 11.0. The summed E-state index contributed by atoms with van der Waals surface area (Å²) in [6, 6.07) is 5.91. The molecule has 0 radical (unpaired) electrons. The highest BCUT2D eigenvalue weighted by atomic mass is 16.5. The van der Waals surface area contributed by atoms with Gasteiger partial charge in [0, 0.05) is 6.07 Å². The molecule has 0 aliphatic rings. The van der Waals surface area contributed by atoms with Crippen molar-refractivity contribution in [2.24, 2.45) is 0 Å². The average molecular weight is 218 g/mol. The Morgan fingerprint density at radius 2 is 2.25 bits per heavy atom. The van der Waals surface area contributed by atoms with Crippen molar-refractivity contribution in [3.8, 4) is 11.5 Å². The second-order valence-electron chi connectivity index (χ2n) is 3.21. The zero-order valence-corrected chi connectivity index (χ0v) is 8.47. The van der Waals surface area contributed by atoms with Gasteiger partial charge in [-0.15, -0.1) is 0 Å². The number of hydrogen-bond acceptors (Lipinski definition) is 4. The molecule has 0 atom stereocenters. The summed E-state index contributed by atoms with van der Waals surface area (Å²) in [4.78, 5) is 11.0. The third-order valence-electron chi connectivity index (χ3n) is 2.06. The topological polar surface area (TPSA) is 59.7 Å². The lowest BCUT2D eigenvalue weighted by atomic mass is 10.2. The summed E-state index contributed by atoms with van der Waals surface area (Å²) in [6.45, 7) is 3.90. The lowest BCUT2D eigenvalue weighted by Crippen LogP contribution is -1.96. The quantitative estimate of drug-likeness (QED) is 0.632. The van der Waals surface area contributed by atoms with E-state index < -0.39 is 5.63 Å². The lowest BCUT2D eigenvalue weighted by Gasteiger charge is -2.04. The summed E-state index contributed by atoms with van der Waals surface area (Å²) in [6.07, 6.45) is 1.61. The molecule has 0 bridgehead atoms. The minimum absolute atomic E-state index is 0.0958. The standard InChI is InChI=1S/C12H10O4/c1-2-5-15-8-3-4-9-10(13)7-12(14)16-11(9)6-8/h2-4,6-7,13H,1,5H2. The molecule has 16 heavy (non-hydrogen) atoms. The fourth-order valence-corrected chi connectivity index (χ4v) is 1.37. The van der Waals surface area contributed by atoms with Crippen molar-refractivity contribution in [1.82, 2.24) is 0 Å². The SMILES string of the molecule is C=CCOc1ccc2c(O)cc(=O)oc2c1. The van der Waals surface area contributed by atoms with Crippen LogP contribution in [0.4, 0.5) is 0 Å². The Morgan fingerprint density at radius 1 is 1.44 bits per heavy atom. The molecular formula is C12H10O4. The highest BCUT2D eigenvalue weighted by molar-refractivity contribution is 5.83. The summed E-state index contributed by atoms with van der Waals surface area (Å²) < 4.78 is 10.2. The molecule has 0 aliphatic carbocycles. The smallest absolute Gasteiger partial charge is 0.339 e. The van der Waals surface area contributed by atoms with Crippen molar-refractivity contribution in [3.05, 3.63) is 47.3 Å². The Bertz CT molecular complexity index is 583. The zero-order valence-electron chi connectivity index (χ0n) is 8.47. The van der Waals surface area contributed by atoms with E-state index in [-0.39, 0.29) is 5.75 Å². The molecule has 4 heteroatoms. The van der Waals surface area contributed by atoms with Gasteiger partial charge in [-0.25, -0.2) is 4.79 Å². The van der Waals surface area contributed by atoms with E-state index in [4.69, 9.17) is 9.15 Å². The van der Waals surface area contributed by atoms with Crippen LogP contribution in [0.25, 0.3) is 11.0 Å². The predicted molar refractivity (Wildman–Crippen MR) is 59.8 cm³/mol. The molecule has 0 unspecified atom stereocenters. The van der Waals surface area contributed by atoms with Crippen molar-refractivity contribution < 1.29 is 14.3 Å². The van der Waals surface area contributed by atoms with Crippen LogP contribution in [-0.4, -0.2) is 11.7 Å². The van der Waals surface area contributed by atoms with E-state index in [0.717, 1.165) is 6.07 Å². The van der Waals surface area contributed by atoms with Crippen LogP contribution in [0.2, 0.25) is 0 Å². The van der Waals surface area contributed by atoms with Crippen molar-refractivity contribution in [2.45, 2.75) is 0 Å². The van der Waals surface area contributed by atoms with Crippen LogP contribution in [0.5, 0.6) is 11.5 Å². The van der Waals surface area contributed by atoms with E-state index in [1.165, 1.54) is 0 Å². The first kappa shape index (κ1) is 10.3. The average Bonchev–Trinajstić information content (AvgIpc) is 2.25. The van der Waals surface area contributed by atoms with Crippen LogP contribution in [0.3, 0.4) is 0 Å². The van der Waals surface area contributed by atoms with Gasteiger partial charge in [0.25, 0.3) is 0 Å². The second kappa shape index (κ2) is 4.10. The number of aromatic hydroxyl groups is 1. The van der Waals surface area contributed by atoms with Gasteiger partial charge in [-0.2, -0.15) is 0 Å². The summed E-state index contributed by atoms with van der Waals surface area (Å²) in [5, 5.41) is 9.98. The van der Waals surface area contributed by atoms with E-state index in [0.29, 0.717) is 23.3 Å². The van der Waals surface area contributed by atoms with Gasteiger partial charge in [0.2, 0.25) is 0 Å². The molecule has 4 nitrogen and oxygen atoms in total. The van der Waals surface area contributed by atoms with Crippen LogP contribution in [0.1, 0.15) is 0 Å². The molecule has 2 aromatic rings. The van der Waals surface area contributed by atoms with Gasteiger partial charge in [-0.05, 0) is 12.1 Å². The van der Waals surface area contributed by atoms with Crippen molar-refractivity contribution in [3.63, 3.8) is 0 Å². The van der Waals surface area contributed by atoms with Gasteiger partial charge in [0.1, 0.15) is 23.7 Å². The molecule has 0 amide bonds. The number of fused-ring (bicyclic) bond motifs is 1. The molecule has 1 heterocycles. The fraction of sp³-hybridized carbons (Fsp3) is 0.0833. The van der Waals surface area contributed by atoms with Crippen LogP contribution in [0, 0.1) is 0 Å². The van der Waals surface area contributed by atoms with E-state index in [1.54, 1.807) is 24.3 Å². The van der Waals surface area contributed by atoms with Crippen LogP contribution in [-0.2, 0) is 0 Å². The van der Waals surface area contributed by atoms with E-state index in [2.05, 4.69) is 6.58 Å². The largest absolute Gasteiger partial charge is 0.507 e. The number of hydrogen-bond donors (Lipinski definition) is 1. The Hall–Kier alpha value is -2.23. The highest BCUT2D eigenvalue weighted by Gasteiger charge is 2.05. The monoisotopic (exact) mass is 218 g/mol. The van der Waals surface area contributed by atoms with Crippen LogP contribution in [0.15, 0.2) is 46.1 Å². The fourth-order valence-electron chi connectivity index (χ4n) is 1.37. The van der Waals surface area contributed by atoms with Crippen LogP contribution >= 0.6 is 0 Å². The number of rotatable bonds is 3. The maximum Gasteiger partial charge on any atom is 0.339 e. The summed E-state index contributed by atoms with van der Waals surface area (Å²) in [5.74, 6) is 0.461. The summed E-state index contributed by atoms with van der Waals surface area (Å²) in [7, 11) is 0. The first-order chi connectivity index (χ1) is 7.70. The molecule has 1 aromatic carbocycles. The van der Waals surface area contributed by atoms with E-state index >= 15 is 0 Å². The normalized spacial score (nSPS) is 10.2. The molecule has 0 saturated heterocycles. The second-order valence-corrected chi connectivity index (χ2v) is 3.21. The molecule has 0 fully saturated rings. The first-order valence-electron chi connectivity index (χ1n) is 4.71. The predicted octanol–water partition coefficient (Wildman–Crippen LogP) is 2.06. The zero-order chi connectivity index (χ0) is 11.5. The van der Waals surface area contributed by atoms with Crippen molar-refractivity contribution >= 4 is 11.0 Å². The molecule has 1 N–H and O–H groups in total. The number of ether oxygens (including phenoxy) is 1. The van der Waals surface area contributed by atoms with E-state index in [9.17, 15) is 9.90 Å². The highest BCUT2D eigenvalue weighted by Crippen LogP contribution is 2.26. The Balaban J connectivity index is 2.52. The molecule has 0 saturated carbocycles. The summed E-state index contributed by atoms with van der Waals surface area (Å²) >= 11 is 0. The minimum atomic E-state index is -0.592. The first-order valence-corrected chi connectivity index (χ1v) is 4.71. The minimum Gasteiger partial charge on any atom is -0.507 e. The lowest BCUT2D eigenvalue weighted by molar-refractivity contribution is 0.363. The third-order valence-corrected chi connectivity index (χ3v) is 2.06. The van der Waals surface area contributed by atoms with Crippen molar-refractivity contribution in [1.29, 1.82) is 0 Å². The number of benzene rings is 1. The molecule has 0 aliphatic heterocycles. The third kappa shape index (κ3) is 1.91. The van der Waals surface area contributed by atoms with Gasteiger partial charge in [-0.1, -0.05) is 12.7 Å². The van der Waals surface area contributed by atoms with Gasteiger partial charge < -0.3 is 14.3 Å². The van der Waals surface area contributed by atoms with Crippen LogP contribution < -0.4 is 10.4 Å². The summed E-state index contributed by atoms with van der Waals surface area (Å²) in [5.41, 5.74) is -0.294. The Kier molecular flexibility index (Phi) is 2.64. The molecule has 82 valence electrons. The molecule has 1 aromatic heterocycles. The molecule has 0 spiro atoms. The van der Waals surface area contributed by atoms with Gasteiger partial charge in [-0.3, -0.25) is 0 Å². The maximum atomic E-state index is 11.0. The van der Waals surface area contributed by atoms with Gasteiger partial charge in [0.15, 0.2) is 0 Å². The molecular weight excluding hydrogens is 208 g/mol. The van der Waals surface area contributed by atoms with Gasteiger partial charge >= 0.3 is 5.63 Å². The van der Waals surface area contributed by atoms with E-state index in [1.807, 2.05) is 0 Å². The molecule has 2 rings (SSSR count). The Morgan fingerprint density at radius 3 is 3.00 bits per heavy atom. The van der Waals surface area contributed by atoms with Crippen molar-refractivity contribution in [2.75, 3.05) is 6.61 Å². The van der Waals surface area contributed by atoms with Gasteiger partial charge in [0.05, 0.1) is 11.5 Å². The Labute approximate surface area is 91.4 Å².